The lowest BCUT2D eigenvalue weighted by molar-refractivity contribution is -0.868. The first kappa shape index (κ1) is 22.7. The van der Waals surface area contributed by atoms with Crippen molar-refractivity contribution < 1.29 is 47.7 Å². The van der Waals surface area contributed by atoms with Gasteiger partial charge in [-0.3, -0.25) is 0 Å². The van der Waals surface area contributed by atoms with Crippen molar-refractivity contribution in [3.05, 3.63) is 4.13 Å². The Morgan fingerprint density at radius 3 is 1.10 bits per heavy atom. The van der Waals surface area contributed by atoms with Crippen molar-refractivity contribution in [2.75, 3.05) is 27.7 Å². The molecule has 0 aliphatic carbocycles. The highest BCUT2D eigenvalue weighted by Crippen LogP contribution is 2.36. The average molecular weight is 368 g/mol. The molecule has 0 aromatic carbocycles. The molecule has 0 atom stereocenters. The van der Waals surface area contributed by atoms with E-state index in [0.29, 0.717) is 0 Å². The normalized spacial score (nSPS) is 14.4. The van der Waals surface area contributed by atoms with E-state index in [1.807, 2.05) is 0 Å². The molecule has 0 unspecified atom stereocenters. The highest BCUT2D eigenvalue weighted by atomic mass is 32.3. The standard InChI is InChI=1S/C5H14N.C2F6NO4S2/c1-5-6(2,3)4;3-1(4,5)14(10,11)9-15(12,13)2(6,7)8/h5H2,1-4H3;/q+1;-1. The second-order valence-electron chi connectivity index (χ2n) is 4.52. The summed E-state index contributed by atoms with van der Waals surface area (Å²) in [5.74, 6) is 0. The van der Waals surface area contributed by atoms with Crippen LogP contribution in [-0.2, 0) is 20.0 Å². The Balaban J connectivity index is 0. The van der Waals surface area contributed by atoms with Crippen LogP contribution in [0.3, 0.4) is 0 Å². The van der Waals surface area contributed by atoms with Crippen molar-refractivity contribution in [3.63, 3.8) is 0 Å². The molecule has 14 heteroatoms. The van der Waals surface area contributed by atoms with Crippen LogP contribution in [-0.4, -0.2) is 60.0 Å². The summed E-state index contributed by atoms with van der Waals surface area (Å²) in [4.78, 5) is 0. The third kappa shape index (κ3) is 8.43. The average Bonchev–Trinajstić information content (AvgIpc) is 2.12. The summed E-state index contributed by atoms with van der Waals surface area (Å²) in [6.07, 6.45) is 0. The van der Waals surface area contributed by atoms with Crippen molar-refractivity contribution in [1.82, 2.24) is 0 Å². The Bertz CT molecular complexity index is 487. The molecule has 0 aromatic rings. The third-order valence-corrected chi connectivity index (χ3v) is 4.47. The number of sulfonamides is 2. The van der Waals surface area contributed by atoms with Crippen molar-refractivity contribution in [1.29, 1.82) is 0 Å². The summed E-state index contributed by atoms with van der Waals surface area (Å²) < 4.78 is 110. The van der Waals surface area contributed by atoms with Crippen molar-refractivity contribution >= 4 is 20.0 Å². The molecule has 0 fully saturated rings. The fraction of sp³-hybridized carbons (Fsp3) is 1.00. The molecule has 0 radical (unpaired) electrons. The minimum absolute atomic E-state index is 0.778. The van der Waals surface area contributed by atoms with Gasteiger partial charge in [-0.15, -0.1) is 0 Å². The Morgan fingerprint density at radius 2 is 1.00 bits per heavy atom. The Kier molecular flexibility index (Phi) is 7.19. The summed E-state index contributed by atoms with van der Waals surface area (Å²) >= 11 is 0. The molecule has 0 heterocycles. The van der Waals surface area contributed by atoms with Gasteiger partial charge in [0.1, 0.15) is 0 Å². The van der Waals surface area contributed by atoms with Gasteiger partial charge in [0.2, 0.25) is 0 Å². The van der Waals surface area contributed by atoms with E-state index in [-0.39, 0.29) is 0 Å². The van der Waals surface area contributed by atoms with Gasteiger partial charge >= 0.3 is 11.0 Å². The van der Waals surface area contributed by atoms with E-state index in [2.05, 4.69) is 28.1 Å². The molecule has 0 rings (SSSR count). The molecule has 0 aromatic heterocycles. The maximum Gasteiger partial charge on any atom is 0.480 e. The topological polar surface area (TPSA) is 82.4 Å². The monoisotopic (exact) mass is 368 g/mol. The zero-order valence-corrected chi connectivity index (χ0v) is 13.0. The van der Waals surface area contributed by atoms with Gasteiger partial charge in [0.05, 0.1) is 27.7 Å². The van der Waals surface area contributed by atoms with Crippen LogP contribution < -0.4 is 0 Å². The molecule has 6 nitrogen and oxygen atoms in total. The molecule has 0 spiro atoms. The largest absolute Gasteiger partial charge is 0.480 e. The number of quaternary nitrogens is 1. The van der Waals surface area contributed by atoms with Crippen LogP contribution in [0.25, 0.3) is 4.13 Å². The summed E-state index contributed by atoms with van der Waals surface area (Å²) in [6, 6.07) is 0. The molecule has 0 saturated heterocycles. The van der Waals surface area contributed by atoms with E-state index in [0.717, 1.165) is 8.61 Å². The number of hydrogen-bond donors (Lipinski definition) is 0. The van der Waals surface area contributed by atoms with Gasteiger partial charge in [0.15, 0.2) is 20.0 Å². The van der Waals surface area contributed by atoms with Crippen LogP contribution in [0.5, 0.6) is 0 Å². The molecule has 0 aliphatic heterocycles. The lowest BCUT2D eigenvalue weighted by Gasteiger charge is -2.22. The van der Waals surface area contributed by atoms with E-state index >= 15 is 0 Å². The Hall–Kier alpha value is -0.600. The van der Waals surface area contributed by atoms with E-state index in [9.17, 15) is 43.2 Å². The Labute approximate surface area is 118 Å². The van der Waals surface area contributed by atoms with Crippen molar-refractivity contribution in [3.8, 4) is 0 Å². The van der Waals surface area contributed by atoms with Crippen molar-refractivity contribution in [2.24, 2.45) is 0 Å². The maximum atomic E-state index is 11.4. The highest BCUT2D eigenvalue weighted by molar-refractivity contribution is 8.13. The molecular formula is C7H14F6N2O4S2. The molecule has 0 N–H and O–H groups in total. The lowest BCUT2D eigenvalue weighted by atomic mass is 10.6. The number of rotatable bonds is 3. The van der Waals surface area contributed by atoms with E-state index in [4.69, 9.17) is 0 Å². The SMILES string of the molecule is CC[N+](C)(C)C.O=S(=O)([N-]S(=O)(=O)C(F)(F)F)C(F)(F)F. The number of alkyl halides is 6. The zero-order chi connectivity index (χ0) is 17.9. The molecule has 21 heavy (non-hydrogen) atoms. The first-order chi connectivity index (χ1) is 8.77. The van der Waals surface area contributed by atoms with Gasteiger partial charge < -0.3 is 8.61 Å². The van der Waals surface area contributed by atoms with Crippen LogP contribution >= 0.6 is 0 Å². The second-order valence-corrected chi connectivity index (χ2v) is 7.95. The smallest absolute Gasteiger partial charge is 0.421 e. The van der Waals surface area contributed by atoms with Crippen LogP contribution in [0.4, 0.5) is 26.3 Å². The van der Waals surface area contributed by atoms with Crippen molar-refractivity contribution in [2.45, 2.75) is 17.9 Å². The van der Waals surface area contributed by atoms with Gasteiger partial charge in [-0.05, 0) is 6.92 Å². The van der Waals surface area contributed by atoms with Gasteiger partial charge in [-0.25, -0.2) is 16.8 Å². The summed E-state index contributed by atoms with van der Waals surface area (Å²) in [6.45, 7) is 3.39. The predicted octanol–water partition coefficient (Wildman–Crippen LogP) is 1.77. The molecule has 130 valence electrons. The summed E-state index contributed by atoms with van der Waals surface area (Å²) in [5.41, 5.74) is -12.4. The Morgan fingerprint density at radius 1 is 0.810 bits per heavy atom. The zero-order valence-electron chi connectivity index (χ0n) is 11.3. The molecule has 0 aliphatic rings. The van der Waals surface area contributed by atoms with Crippen LogP contribution in [0.2, 0.25) is 0 Å². The van der Waals surface area contributed by atoms with E-state index in [1.165, 1.54) is 6.54 Å². The van der Waals surface area contributed by atoms with Gasteiger partial charge in [0, 0.05) is 0 Å². The van der Waals surface area contributed by atoms with Gasteiger partial charge in [0.25, 0.3) is 0 Å². The van der Waals surface area contributed by atoms with Gasteiger partial charge in [-0.1, -0.05) is 0 Å². The molecular weight excluding hydrogens is 354 g/mol. The van der Waals surface area contributed by atoms with E-state index < -0.39 is 31.1 Å². The maximum absolute atomic E-state index is 11.4. The first-order valence-corrected chi connectivity index (χ1v) is 7.82. The van der Waals surface area contributed by atoms with Crippen LogP contribution in [0.15, 0.2) is 0 Å². The predicted molar refractivity (Wildman–Crippen MR) is 61.9 cm³/mol. The quantitative estimate of drug-likeness (QED) is 0.562. The number of nitrogens with zero attached hydrogens (tertiary/aromatic N) is 2. The number of halogens is 6. The van der Waals surface area contributed by atoms with Crippen LogP contribution in [0, 0.1) is 0 Å². The van der Waals surface area contributed by atoms with Gasteiger partial charge in [-0.2, -0.15) is 26.3 Å². The molecule has 0 amide bonds. The summed E-state index contributed by atoms with van der Waals surface area (Å²) in [5, 5.41) is 0. The summed E-state index contributed by atoms with van der Waals surface area (Å²) in [7, 11) is -6.90. The van der Waals surface area contributed by atoms with E-state index in [1.54, 1.807) is 0 Å². The number of hydrogen-bond acceptors (Lipinski definition) is 4. The minimum atomic E-state index is -6.72. The van der Waals surface area contributed by atoms with Crippen LogP contribution in [0.1, 0.15) is 6.92 Å². The molecule has 0 saturated carbocycles. The first-order valence-electron chi connectivity index (χ1n) is 4.94. The fourth-order valence-corrected chi connectivity index (χ4v) is 1.92. The minimum Gasteiger partial charge on any atom is -0.421 e. The third-order valence-electron chi connectivity index (χ3n) is 1.73. The highest BCUT2D eigenvalue weighted by Gasteiger charge is 2.46. The lowest BCUT2D eigenvalue weighted by Crippen LogP contribution is -2.33. The fourth-order valence-electron chi connectivity index (χ4n) is 0.214. The molecule has 0 bridgehead atoms. The second kappa shape index (κ2) is 6.66.